The highest BCUT2D eigenvalue weighted by Crippen LogP contribution is 2.23. The molecule has 0 spiro atoms. The lowest BCUT2D eigenvalue weighted by atomic mass is 10.4. The molecule has 0 fully saturated rings. The molecule has 0 aromatic rings. The summed E-state index contributed by atoms with van der Waals surface area (Å²) in [6, 6.07) is 0. The zero-order valence-corrected chi connectivity index (χ0v) is 9.02. The summed E-state index contributed by atoms with van der Waals surface area (Å²) in [5.41, 5.74) is 0. The van der Waals surface area contributed by atoms with Crippen molar-refractivity contribution in [1.82, 2.24) is 0 Å². The minimum absolute atomic E-state index is 0.815. The third-order valence-corrected chi connectivity index (χ3v) is 4.23. The van der Waals surface area contributed by atoms with Crippen LogP contribution in [-0.2, 0) is 0 Å². The molecule has 62 valence electrons. The summed E-state index contributed by atoms with van der Waals surface area (Å²) in [6.07, 6.45) is 0. The first-order valence-corrected chi connectivity index (χ1v) is 6.05. The van der Waals surface area contributed by atoms with Gasteiger partial charge in [0.1, 0.15) is 0 Å². The van der Waals surface area contributed by atoms with E-state index in [4.69, 9.17) is 0 Å². The molecule has 0 saturated heterocycles. The molecule has 0 aliphatic carbocycles. The summed E-state index contributed by atoms with van der Waals surface area (Å²) in [5, 5.41) is 1.63. The lowest BCUT2D eigenvalue weighted by Crippen LogP contribution is -2.12. The second-order valence-electron chi connectivity index (χ2n) is 2.32. The van der Waals surface area contributed by atoms with Crippen LogP contribution in [0.4, 0.5) is 0 Å². The van der Waals surface area contributed by atoms with Gasteiger partial charge >= 0.3 is 0 Å². The summed E-state index contributed by atoms with van der Waals surface area (Å²) in [7, 11) is 0. The van der Waals surface area contributed by atoms with Crippen molar-refractivity contribution in [3.63, 3.8) is 0 Å². The SMILES string of the molecule is CCSC(C)C(C)SCC. The minimum atomic E-state index is 0.815. The monoisotopic (exact) mass is 178 g/mol. The molecule has 0 aromatic carbocycles. The molecule has 0 radical (unpaired) electrons. The lowest BCUT2D eigenvalue weighted by molar-refractivity contribution is 0.926. The molecule has 0 nitrogen and oxygen atoms in total. The largest absolute Gasteiger partial charge is 0.158 e. The Morgan fingerprint density at radius 2 is 1.20 bits per heavy atom. The van der Waals surface area contributed by atoms with E-state index in [2.05, 4.69) is 51.2 Å². The van der Waals surface area contributed by atoms with Gasteiger partial charge in [0.15, 0.2) is 0 Å². The van der Waals surface area contributed by atoms with Crippen molar-refractivity contribution in [3.05, 3.63) is 0 Å². The van der Waals surface area contributed by atoms with E-state index in [1.165, 1.54) is 11.5 Å². The first-order valence-electron chi connectivity index (χ1n) is 3.95. The molecule has 2 atom stereocenters. The van der Waals surface area contributed by atoms with Crippen molar-refractivity contribution >= 4 is 23.5 Å². The van der Waals surface area contributed by atoms with Gasteiger partial charge in [0.2, 0.25) is 0 Å². The fourth-order valence-electron chi connectivity index (χ4n) is 0.797. The molecule has 2 unspecified atom stereocenters. The van der Waals surface area contributed by atoms with Crippen LogP contribution in [0.15, 0.2) is 0 Å². The van der Waals surface area contributed by atoms with Gasteiger partial charge in [-0.3, -0.25) is 0 Å². The van der Waals surface area contributed by atoms with Crippen LogP contribution >= 0.6 is 23.5 Å². The van der Waals surface area contributed by atoms with Crippen molar-refractivity contribution in [3.8, 4) is 0 Å². The van der Waals surface area contributed by atoms with E-state index in [9.17, 15) is 0 Å². The minimum Gasteiger partial charge on any atom is -0.158 e. The predicted octanol–water partition coefficient (Wildman–Crippen LogP) is 3.27. The second kappa shape index (κ2) is 6.41. The second-order valence-corrected chi connectivity index (χ2v) is 5.63. The van der Waals surface area contributed by atoms with Gasteiger partial charge in [0.25, 0.3) is 0 Å². The highest BCUT2D eigenvalue weighted by Gasteiger charge is 2.10. The molecule has 10 heavy (non-hydrogen) atoms. The summed E-state index contributed by atoms with van der Waals surface area (Å²) in [5.74, 6) is 2.49. The Hall–Kier alpha value is 0.700. The Kier molecular flexibility index (Phi) is 6.86. The zero-order chi connectivity index (χ0) is 7.98. The van der Waals surface area contributed by atoms with Gasteiger partial charge in [0, 0.05) is 10.5 Å². The van der Waals surface area contributed by atoms with Crippen LogP contribution in [0.2, 0.25) is 0 Å². The van der Waals surface area contributed by atoms with Crippen LogP contribution in [0.25, 0.3) is 0 Å². The number of thioether (sulfide) groups is 2. The first kappa shape index (κ1) is 10.7. The van der Waals surface area contributed by atoms with Gasteiger partial charge in [-0.1, -0.05) is 27.7 Å². The maximum atomic E-state index is 2.32. The lowest BCUT2D eigenvalue weighted by Gasteiger charge is -2.17. The van der Waals surface area contributed by atoms with Crippen LogP contribution < -0.4 is 0 Å². The van der Waals surface area contributed by atoms with E-state index in [-0.39, 0.29) is 0 Å². The van der Waals surface area contributed by atoms with Crippen LogP contribution in [-0.4, -0.2) is 22.0 Å². The van der Waals surface area contributed by atoms with Crippen molar-refractivity contribution in [2.45, 2.75) is 38.2 Å². The van der Waals surface area contributed by atoms with Gasteiger partial charge in [-0.2, -0.15) is 23.5 Å². The third kappa shape index (κ3) is 4.51. The van der Waals surface area contributed by atoms with Crippen LogP contribution in [0.5, 0.6) is 0 Å². The summed E-state index contributed by atoms with van der Waals surface area (Å²) < 4.78 is 0. The van der Waals surface area contributed by atoms with Gasteiger partial charge < -0.3 is 0 Å². The van der Waals surface area contributed by atoms with E-state index < -0.39 is 0 Å². The fraction of sp³-hybridized carbons (Fsp3) is 1.00. The fourth-order valence-corrected chi connectivity index (χ4v) is 2.86. The summed E-state index contributed by atoms with van der Waals surface area (Å²) >= 11 is 4.12. The molecule has 2 heteroatoms. The molecule has 0 bridgehead atoms. The maximum Gasteiger partial charge on any atom is 0.0135 e. The van der Waals surface area contributed by atoms with E-state index in [1.54, 1.807) is 0 Å². The van der Waals surface area contributed by atoms with E-state index in [0.29, 0.717) is 0 Å². The molecule has 0 rings (SSSR count). The normalized spacial score (nSPS) is 16.8. The molecule has 0 aromatic heterocycles. The van der Waals surface area contributed by atoms with E-state index in [0.717, 1.165) is 10.5 Å². The number of hydrogen-bond acceptors (Lipinski definition) is 2. The molecule has 0 amide bonds. The number of hydrogen-bond donors (Lipinski definition) is 0. The summed E-state index contributed by atoms with van der Waals surface area (Å²) in [4.78, 5) is 0. The quantitative estimate of drug-likeness (QED) is 0.634. The highest BCUT2D eigenvalue weighted by atomic mass is 32.2. The Labute approximate surface area is 73.5 Å². The zero-order valence-electron chi connectivity index (χ0n) is 7.39. The van der Waals surface area contributed by atoms with Crippen LogP contribution in [0.1, 0.15) is 27.7 Å². The van der Waals surface area contributed by atoms with Crippen LogP contribution in [0, 0.1) is 0 Å². The average Bonchev–Trinajstić information content (AvgIpc) is 1.89. The van der Waals surface area contributed by atoms with Gasteiger partial charge in [-0.25, -0.2) is 0 Å². The van der Waals surface area contributed by atoms with Crippen LogP contribution in [0.3, 0.4) is 0 Å². The maximum absolute atomic E-state index is 2.32. The molecule has 0 aliphatic rings. The average molecular weight is 178 g/mol. The van der Waals surface area contributed by atoms with E-state index in [1.807, 2.05) is 0 Å². The molecular formula is C8H18S2. The standard InChI is InChI=1S/C8H18S2/c1-5-9-7(3)8(4)10-6-2/h7-8H,5-6H2,1-4H3. The molecule has 0 saturated carbocycles. The van der Waals surface area contributed by atoms with Gasteiger partial charge in [-0.05, 0) is 11.5 Å². The molecule has 0 heterocycles. The van der Waals surface area contributed by atoms with Crippen molar-refractivity contribution < 1.29 is 0 Å². The first-order chi connectivity index (χ1) is 4.72. The third-order valence-electron chi connectivity index (χ3n) is 1.52. The Balaban J connectivity index is 3.38. The van der Waals surface area contributed by atoms with Gasteiger partial charge in [-0.15, -0.1) is 0 Å². The highest BCUT2D eigenvalue weighted by molar-refractivity contribution is 8.03. The molecule has 0 aliphatic heterocycles. The van der Waals surface area contributed by atoms with Crippen molar-refractivity contribution in [2.75, 3.05) is 11.5 Å². The summed E-state index contributed by atoms with van der Waals surface area (Å²) in [6.45, 7) is 9.10. The molecular weight excluding hydrogens is 160 g/mol. The van der Waals surface area contributed by atoms with Crippen molar-refractivity contribution in [2.24, 2.45) is 0 Å². The van der Waals surface area contributed by atoms with Gasteiger partial charge in [0.05, 0.1) is 0 Å². The Morgan fingerprint density at radius 1 is 0.900 bits per heavy atom. The van der Waals surface area contributed by atoms with Crippen molar-refractivity contribution in [1.29, 1.82) is 0 Å². The Morgan fingerprint density at radius 3 is 1.40 bits per heavy atom. The smallest absolute Gasteiger partial charge is 0.0135 e. The molecule has 0 N–H and O–H groups in total. The topological polar surface area (TPSA) is 0 Å². The van der Waals surface area contributed by atoms with E-state index >= 15 is 0 Å². The number of rotatable bonds is 5. The predicted molar refractivity (Wildman–Crippen MR) is 55.2 cm³/mol. The Bertz CT molecular complexity index is 63.7.